The van der Waals surface area contributed by atoms with E-state index in [-0.39, 0.29) is 77.3 Å². The summed E-state index contributed by atoms with van der Waals surface area (Å²) in [6.07, 6.45) is 20.6. The third-order valence-electron chi connectivity index (χ3n) is 15.0. The fourth-order valence-electron chi connectivity index (χ4n) is 10.9. The van der Waals surface area contributed by atoms with Crippen molar-refractivity contribution >= 4 is 70.3 Å². The van der Waals surface area contributed by atoms with Gasteiger partial charge in [-0.05, 0) is 94.5 Å². The molecule has 0 amide bonds. The van der Waals surface area contributed by atoms with Gasteiger partial charge < -0.3 is 35.2 Å². The minimum absolute atomic E-state index is 0. The van der Waals surface area contributed by atoms with Gasteiger partial charge in [0.05, 0.1) is 7.11 Å². The van der Waals surface area contributed by atoms with E-state index in [0.29, 0.717) is 51.1 Å². The minimum Gasteiger partial charge on any atom is -0.681 e. The van der Waals surface area contributed by atoms with E-state index in [1.165, 1.54) is 57.6 Å². The molecular formula is C55H76MgN4O6-2. The summed E-state index contributed by atoms with van der Waals surface area (Å²) >= 11 is 0. The van der Waals surface area contributed by atoms with E-state index in [1.54, 1.807) is 6.92 Å². The maximum Gasteiger partial charge on any atom is 2.00 e. The van der Waals surface area contributed by atoms with Crippen LogP contribution in [0.4, 0.5) is 0 Å². The van der Waals surface area contributed by atoms with Crippen LogP contribution in [0.25, 0.3) is 40.2 Å². The Morgan fingerprint density at radius 3 is 2.06 bits per heavy atom. The Morgan fingerprint density at radius 2 is 1.42 bits per heavy atom. The number of methoxy groups -OCH3 is 1. The molecule has 0 saturated carbocycles. The van der Waals surface area contributed by atoms with Crippen LogP contribution in [0.5, 0.6) is 0 Å². The van der Waals surface area contributed by atoms with Crippen LogP contribution >= 0.6 is 0 Å². The van der Waals surface area contributed by atoms with Gasteiger partial charge in [0.15, 0.2) is 5.78 Å². The molecule has 3 aliphatic heterocycles. The number of esters is 2. The molecule has 0 spiro atoms. The van der Waals surface area contributed by atoms with Crippen molar-refractivity contribution in [3.8, 4) is 0 Å². The summed E-state index contributed by atoms with van der Waals surface area (Å²) in [7, 11) is 1.32. The fraction of sp³-hybridized carbons (Fsp3) is 0.618. The molecule has 8 bridgehead atoms. The molecule has 2 saturated heterocycles. The van der Waals surface area contributed by atoms with Gasteiger partial charge in [0.2, 0.25) is 0 Å². The first-order chi connectivity index (χ1) is 30.9. The van der Waals surface area contributed by atoms with Crippen molar-refractivity contribution in [3.63, 3.8) is 0 Å². The molecule has 1 unspecified atom stereocenters. The molecule has 2 fully saturated rings. The topological polar surface area (TPSA) is 146 Å². The van der Waals surface area contributed by atoms with E-state index in [1.807, 2.05) is 38.2 Å². The number of carbonyl (C=O) groups is 3. The normalized spacial score (nSPS) is 25.5. The average Bonchev–Trinajstić information content (AvgIpc) is 4.00. The van der Waals surface area contributed by atoms with Crippen LogP contribution in [0.3, 0.4) is 0 Å². The van der Waals surface area contributed by atoms with Crippen LogP contribution in [-0.2, 0) is 19.1 Å². The number of hydrogen-bond donors (Lipinski definition) is 1. The van der Waals surface area contributed by atoms with Crippen LogP contribution < -0.4 is 20.5 Å². The van der Waals surface area contributed by atoms with Crippen molar-refractivity contribution in [2.24, 2.45) is 47.3 Å². The van der Waals surface area contributed by atoms with Crippen LogP contribution in [0, 0.1) is 61.2 Å². The van der Waals surface area contributed by atoms with Gasteiger partial charge >= 0.3 is 35.0 Å². The third kappa shape index (κ3) is 11.8. The van der Waals surface area contributed by atoms with Gasteiger partial charge in [-0.2, -0.15) is 17.1 Å². The molecule has 2 aromatic rings. The second-order valence-corrected chi connectivity index (χ2v) is 20.4. The Hall–Kier alpha value is -3.96. The van der Waals surface area contributed by atoms with Crippen LogP contribution in [0.15, 0.2) is 28.7 Å². The summed E-state index contributed by atoms with van der Waals surface area (Å²) in [5.74, 6) is -0.112. The van der Waals surface area contributed by atoms with Gasteiger partial charge in [-0.25, -0.2) is 0 Å². The van der Waals surface area contributed by atoms with E-state index < -0.39 is 17.9 Å². The van der Waals surface area contributed by atoms with Gasteiger partial charge in [-0.1, -0.05) is 146 Å². The van der Waals surface area contributed by atoms with Crippen LogP contribution in [0.1, 0.15) is 178 Å². The van der Waals surface area contributed by atoms with E-state index in [9.17, 15) is 19.5 Å². The van der Waals surface area contributed by atoms with Crippen LogP contribution in [-0.4, -0.2) is 65.6 Å². The molecule has 0 aromatic carbocycles. The second-order valence-electron chi connectivity index (χ2n) is 20.4. The maximum absolute atomic E-state index is 13.6. The summed E-state index contributed by atoms with van der Waals surface area (Å²) in [6.45, 7) is 23.5. The Morgan fingerprint density at radius 1 is 0.803 bits per heavy atom. The summed E-state index contributed by atoms with van der Waals surface area (Å²) < 4.78 is 11.1. The quantitative estimate of drug-likeness (QED) is 0.0598. The zero-order valence-corrected chi connectivity index (χ0v) is 43.6. The maximum atomic E-state index is 13.6. The largest absolute Gasteiger partial charge is 2.00 e. The number of fused-ring (bicyclic) bond motifs is 8. The second kappa shape index (κ2) is 23.4. The van der Waals surface area contributed by atoms with Gasteiger partial charge in [0.25, 0.3) is 0 Å². The molecule has 356 valence electrons. The Bertz CT molecular complexity index is 2340. The van der Waals surface area contributed by atoms with Crippen molar-refractivity contribution in [2.45, 2.75) is 159 Å². The summed E-state index contributed by atoms with van der Waals surface area (Å²) in [5.41, 5.74) is 8.21. The molecule has 1 aliphatic carbocycles. The third-order valence-corrected chi connectivity index (χ3v) is 15.0. The van der Waals surface area contributed by atoms with Crippen molar-refractivity contribution < 1.29 is 29.0 Å². The Labute approximate surface area is 411 Å². The average molecular weight is 914 g/mol. The molecule has 11 heteroatoms. The predicted octanol–water partition coefficient (Wildman–Crippen LogP) is 11.2. The minimum atomic E-state index is -1.10. The number of hydrogen-bond acceptors (Lipinski definition) is 6. The first kappa shape index (κ1) is 53.0. The number of ketones is 1. The Balaban J connectivity index is 0.00000817. The number of aliphatic hydroxyl groups is 1. The van der Waals surface area contributed by atoms with Crippen molar-refractivity contribution in [1.82, 2.24) is 9.97 Å². The van der Waals surface area contributed by atoms with Crippen molar-refractivity contribution in [2.75, 3.05) is 13.7 Å². The molecule has 0 radical (unpaired) electrons. The number of carbonyl (C=O) groups excluding carboxylic acids is 3. The van der Waals surface area contributed by atoms with E-state index in [2.05, 4.69) is 55.4 Å². The number of Topliss-reactive ketones (excluding diaryl/α,β-unsaturated/α-hetero) is 1. The molecule has 6 rings (SSSR count). The molecule has 8 atom stereocenters. The monoisotopic (exact) mass is 913 g/mol. The zero-order chi connectivity index (χ0) is 47.3. The number of nitrogens with zero attached hydrogens (tertiary/aromatic N) is 4. The number of rotatable bonds is 20. The summed E-state index contributed by atoms with van der Waals surface area (Å²) in [4.78, 5) is 50.5. The first-order valence-electron chi connectivity index (χ1n) is 24.7. The van der Waals surface area contributed by atoms with Gasteiger partial charge in [0.1, 0.15) is 18.3 Å². The van der Waals surface area contributed by atoms with Gasteiger partial charge in [0, 0.05) is 17.2 Å². The van der Waals surface area contributed by atoms with Crippen molar-refractivity contribution in [3.05, 3.63) is 83.7 Å². The van der Waals surface area contributed by atoms with Crippen molar-refractivity contribution in [1.29, 1.82) is 0 Å². The summed E-state index contributed by atoms with van der Waals surface area (Å²) in [5, 5.41) is 23.4. The van der Waals surface area contributed by atoms with Crippen LogP contribution in [0.2, 0.25) is 0 Å². The molecule has 2 aromatic heterocycles. The van der Waals surface area contributed by atoms with E-state index in [0.717, 1.165) is 59.3 Å². The number of allylic oxidation sites excluding steroid dienone is 4. The predicted molar refractivity (Wildman–Crippen MR) is 268 cm³/mol. The molecular weight excluding hydrogens is 837 g/mol. The molecule has 10 nitrogen and oxygen atoms in total. The smallest absolute Gasteiger partial charge is 0.681 e. The van der Waals surface area contributed by atoms with E-state index >= 15 is 0 Å². The van der Waals surface area contributed by atoms with E-state index in [4.69, 9.17) is 30.1 Å². The number of aliphatic hydroxyl groups excluding tert-OH is 1. The standard InChI is InChI=1S/C55H77N4O6.Mg/c1-13-39-34(7)41-29-46-48(38(11)60)36(9)43(57-46)27-42-35(8)40(52(58-42)50-51(55(63)64-12)54(62)49-37(10)44(59-53(49)50)28-45(39)56-41)23-24-47(61)65-26-25-33(6)22-16-21-32(5)20-15-19-31(4)18-14-17-30(2)3;/h25,27-32,34-35,39-40,51-52H,13-24,26H2,1-12H3,(H2-,56,57,60,62);/q-3;+2/p-1/b33-25+,42-27-,45-28-;/t31-,32-,34-,35+,39-,40+,51-,52?;/m1./s1. The molecule has 66 heavy (non-hydrogen) atoms. The van der Waals surface area contributed by atoms with Gasteiger partial charge in [-0.3, -0.25) is 14.4 Å². The Kier molecular flexibility index (Phi) is 18.8. The van der Waals surface area contributed by atoms with Gasteiger partial charge in [-0.15, -0.1) is 22.4 Å². The first-order valence-corrected chi connectivity index (χ1v) is 24.7. The SMILES string of the molecule is CC[C@H]1/C2=C/c3[n-]c4c(c3C)=C(O)[C@H](C(=O)OC)C=4C3[N-]/C(=C\c4[n-]c(c(C(C)=O)c4C)/C=C(/[N-]2)[C@@H]1C)[C@@H](C)[C@@H]3CCC(=O)OC/C=C(\C)CCC[C@H](C)CCC[C@H](C)CCCC(C)C.[Mg+2]. The zero-order valence-electron chi connectivity index (χ0n) is 42.2. The fourth-order valence-corrected chi connectivity index (χ4v) is 10.9. The molecule has 4 aliphatic rings. The molecule has 5 heterocycles. The number of ether oxygens (including phenoxy) is 2. The molecule has 1 N–H and O–H groups in total. The summed E-state index contributed by atoms with van der Waals surface area (Å²) in [6, 6.07) is -0.616. The number of aromatic nitrogens is 2.